The lowest BCUT2D eigenvalue weighted by Crippen LogP contribution is -2.19. The van der Waals surface area contributed by atoms with Crippen LogP contribution in [0.25, 0.3) is 0 Å². The molecular formula is C14H18O2. The summed E-state index contributed by atoms with van der Waals surface area (Å²) in [5, 5.41) is 0. The summed E-state index contributed by atoms with van der Waals surface area (Å²) in [6, 6.07) is 10.1. The molecule has 0 heterocycles. The van der Waals surface area contributed by atoms with Crippen LogP contribution in [0.3, 0.4) is 0 Å². The Morgan fingerprint density at radius 2 is 1.81 bits per heavy atom. The van der Waals surface area contributed by atoms with Crippen molar-refractivity contribution in [3.8, 4) is 0 Å². The molecule has 1 rings (SSSR count). The number of esters is 1. The van der Waals surface area contributed by atoms with Crippen molar-refractivity contribution in [2.24, 2.45) is 0 Å². The first-order valence-corrected chi connectivity index (χ1v) is 5.30. The molecule has 16 heavy (non-hydrogen) atoms. The van der Waals surface area contributed by atoms with Gasteiger partial charge in [-0.25, -0.2) is 4.79 Å². The van der Waals surface area contributed by atoms with Crippen molar-refractivity contribution < 1.29 is 9.53 Å². The van der Waals surface area contributed by atoms with Crippen LogP contribution in [0.15, 0.2) is 42.0 Å². The van der Waals surface area contributed by atoms with Crippen LogP contribution in [0.2, 0.25) is 0 Å². The number of allylic oxidation sites excluding steroid dienone is 1. The van der Waals surface area contributed by atoms with Crippen molar-refractivity contribution in [2.75, 3.05) is 7.11 Å². The zero-order valence-electron chi connectivity index (χ0n) is 10.3. The second kappa shape index (κ2) is 4.97. The molecule has 1 aromatic rings. The molecule has 0 radical (unpaired) electrons. The van der Waals surface area contributed by atoms with Gasteiger partial charge in [-0.05, 0) is 12.5 Å². The van der Waals surface area contributed by atoms with Gasteiger partial charge >= 0.3 is 5.97 Å². The quantitative estimate of drug-likeness (QED) is 0.575. The topological polar surface area (TPSA) is 26.3 Å². The first kappa shape index (κ1) is 12.5. The molecule has 0 aliphatic heterocycles. The Hall–Kier alpha value is -1.57. The van der Waals surface area contributed by atoms with E-state index in [0.717, 1.165) is 5.57 Å². The summed E-state index contributed by atoms with van der Waals surface area (Å²) in [5.74, 6) is -0.304. The van der Waals surface area contributed by atoms with Crippen LogP contribution < -0.4 is 0 Å². The fraction of sp³-hybridized carbons (Fsp3) is 0.357. The van der Waals surface area contributed by atoms with Crippen LogP contribution in [0.5, 0.6) is 0 Å². The SMILES string of the molecule is COC(=O)/C=C(/C)C(C)(C)c1ccccc1. The predicted octanol–water partition coefficient (Wildman–Crippen LogP) is 3.08. The second-order valence-electron chi connectivity index (χ2n) is 4.34. The summed E-state index contributed by atoms with van der Waals surface area (Å²) in [6.45, 7) is 6.14. The van der Waals surface area contributed by atoms with Crippen LogP contribution in [0.4, 0.5) is 0 Å². The molecule has 1 aromatic carbocycles. The minimum absolute atomic E-state index is 0.157. The number of rotatable bonds is 3. The molecule has 0 spiro atoms. The van der Waals surface area contributed by atoms with E-state index in [-0.39, 0.29) is 11.4 Å². The van der Waals surface area contributed by atoms with Crippen molar-refractivity contribution in [3.05, 3.63) is 47.5 Å². The minimum Gasteiger partial charge on any atom is -0.466 e. The van der Waals surface area contributed by atoms with Gasteiger partial charge in [-0.2, -0.15) is 0 Å². The van der Waals surface area contributed by atoms with Gasteiger partial charge < -0.3 is 4.74 Å². The molecule has 0 unspecified atom stereocenters. The normalized spacial score (nSPS) is 12.4. The van der Waals surface area contributed by atoms with Crippen LogP contribution in [0, 0.1) is 0 Å². The molecule has 2 nitrogen and oxygen atoms in total. The molecule has 0 saturated heterocycles. The monoisotopic (exact) mass is 218 g/mol. The molecule has 0 aliphatic rings. The summed E-state index contributed by atoms with van der Waals surface area (Å²) in [6.07, 6.45) is 1.55. The Kier molecular flexibility index (Phi) is 3.88. The molecule has 0 fully saturated rings. The van der Waals surface area contributed by atoms with Gasteiger partial charge in [0.2, 0.25) is 0 Å². The third kappa shape index (κ3) is 2.72. The Balaban J connectivity index is 3.03. The van der Waals surface area contributed by atoms with Crippen molar-refractivity contribution >= 4 is 5.97 Å². The zero-order valence-corrected chi connectivity index (χ0v) is 10.3. The summed E-state index contributed by atoms with van der Waals surface area (Å²) in [7, 11) is 1.39. The number of carbonyl (C=O) groups is 1. The molecular weight excluding hydrogens is 200 g/mol. The fourth-order valence-electron chi connectivity index (χ4n) is 1.50. The van der Waals surface area contributed by atoms with Gasteiger partial charge in [0.15, 0.2) is 0 Å². The molecule has 86 valence electrons. The third-order valence-electron chi connectivity index (χ3n) is 3.02. The van der Waals surface area contributed by atoms with E-state index < -0.39 is 0 Å². The van der Waals surface area contributed by atoms with E-state index in [2.05, 4.69) is 30.7 Å². The Labute approximate surface area is 96.9 Å². The van der Waals surface area contributed by atoms with Gasteiger partial charge in [0.1, 0.15) is 0 Å². The summed E-state index contributed by atoms with van der Waals surface area (Å²) >= 11 is 0. The molecule has 0 amide bonds. The molecule has 0 atom stereocenters. The lowest BCUT2D eigenvalue weighted by molar-refractivity contribution is -0.134. The number of benzene rings is 1. The highest BCUT2D eigenvalue weighted by molar-refractivity contribution is 5.83. The van der Waals surface area contributed by atoms with Crippen molar-refractivity contribution in [3.63, 3.8) is 0 Å². The van der Waals surface area contributed by atoms with Gasteiger partial charge in [-0.15, -0.1) is 0 Å². The Bertz CT molecular complexity index is 388. The van der Waals surface area contributed by atoms with Gasteiger partial charge in [0.05, 0.1) is 7.11 Å². The largest absolute Gasteiger partial charge is 0.466 e. The minimum atomic E-state index is -0.304. The van der Waals surface area contributed by atoms with Crippen molar-refractivity contribution in [1.82, 2.24) is 0 Å². The highest BCUT2D eigenvalue weighted by Crippen LogP contribution is 2.30. The van der Waals surface area contributed by atoms with E-state index >= 15 is 0 Å². The summed E-state index contributed by atoms with van der Waals surface area (Å²) < 4.78 is 4.64. The molecule has 0 aromatic heterocycles. The number of hydrogen-bond acceptors (Lipinski definition) is 2. The highest BCUT2D eigenvalue weighted by atomic mass is 16.5. The van der Waals surface area contributed by atoms with Gasteiger partial charge in [0, 0.05) is 11.5 Å². The molecule has 0 bridgehead atoms. The number of methoxy groups -OCH3 is 1. The van der Waals surface area contributed by atoms with Crippen LogP contribution >= 0.6 is 0 Å². The fourth-order valence-corrected chi connectivity index (χ4v) is 1.50. The smallest absolute Gasteiger partial charge is 0.330 e. The number of hydrogen-bond donors (Lipinski definition) is 0. The molecule has 2 heteroatoms. The molecule has 0 saturated carbocycles. The Morgan fingerprint density at radius 3 is 2.31 bits per heavy atom. The second-order valence-corrected chi connectivity index (χ2v) is 4.34. The Morgan fingerprint density at radius 1 is 1.25 bits per heavy atom. The lowest BCUT2D eigenvalue weighted by atomic mass is 9.78. The first-order valence-electron chi connectivity index (χ1n) is 5.30. The van der Waals surface area contributed by atoms with E-state index in [0.29, 0.717) is 0 Å². The standard InChI is InChI=1S/C14H18O2/c1-11(10-13(15)16-4)14(2,3)12-8-6-5-7-9-12/h5-10H,1-4H3/b11-10-. The van der Waals surface area contributed by atoms with E-state index in [1.54, 1.807) is 6.08 Å². The predicted molar refractivity (Wildman–Crippen MR) is 65.2 cm³/mol. The molecule has 0 aliphatic carbocycles. The lowest BCUT2D eigenvalue weighted by Gasteiger charge is -2.26. The van der Waals surface area contributed by atoms with Crippen LogP contribution in [0.1, 0.15) is 26.3 Å². The van der Waals surface area contributed by atoms with Crippen molar-refractivity contribution in [2.45, 2.75) is 26.2 Å². The summed E-state index contributed by atoms with van der Waals surface area (Å²) in [5.41, 5.74) is 2.02. The van der Waals surface area contributed by atoms with E-state index in [1.807, 2.05) is 25.1 Å². The molecule has 0 N–H and O–H groups in total. The van der Waals surface area contributed by atoms with Gasteiger partial charge in [0.25, 0.3) is 0 Å². The maximum absolute atomic E-state index is 11.2. The van der Waals surface area contributed by atoms with Gasteiger partial charge in [-0.3, -0.25) is 0 Å². The third-order valence-corrected chi connectivity index (χ3v) is 3.02. The van der Waals surface area contributed by atoms with Crippen molar-refractivity contribution in [1.29, 1.82) is 0 Å². The van der Waals surface area contributed by atoms with Crippen LogP contribution in [-0.2, 0) is 14.9 Å². The van der Waals surface area contributed by atoms with Crippen LogP contribution in [-0.4, -0.2) is 13.1 Å². The highest BCUT2D eigenvalue weighted by Gasteiger charge is 2.22. The van der Waals surface area contributed by atoms with E-state index in [9.17, 15) is 4.79 Å². The number of ether oxygens (including phenoxy) is 1. The van der Waals surface area contributed by atoms with E-state index in [4.69, 9.17) is 0 Å². The average molecular weight is 218 g/mol. The number of carbonyl (C=O) groups excluding carboxylic acids is 1. The maximum atomic E-state index is 11.2. The zero-order chi connectivity index (χ0) is 12.2. The summed E-state index contributed by atoms with van der Waals surface area (Å²) in [4.78, 5) is 11.2. The maximum Gasteiger partial charge on any atom is 0.330 e. The van der Waals surface area contributed by atoms with Gasteiger partial charge in [-0.1, -0.05) is 49.8 Å². The first-order chi connectivity index (χ1) is 7.48. The van der Waals surface area contributed by atoms with E-state index in [1.165, 1.54) is 12.7 Å². The average Bonchev–Trinajstić information content (AvgIpc) is 2.29.